The highest BCUT2D eigenvalue weighted by molar-refractivity contribution is 9.10. The minimum atomic E-state index is 0. The molecule has 1 aromatic rings. The molecular formula is C12H18BrClN2. The van der Waals surface area contributed by atoms with Crippen LogP contribution in [0.2, 0.25) is 0 Å². The highest BCUT2D eigenvalue weighted by Gasteiger charge is 2.22. The monoisotopic (exact) mass is 304 g/mol. The summed E-state index contributed by atoms with van der Waals surface area (Å²) < 4.78 is 1.14. The molecule has 0 saturated carbocycles. The highest BCUT2D eigenvalue weighted by atomic mass is 79.9. The van der Waals surface area contributed by atoms with E-state index in [0.29, 0.717) is 5.92 Å². The van der Waals surface area contributed by atoms with Crippen molar-refractivity contribution < 1.29 is 0 Å². The first-order chi connectivity index (χ1) is 7.29. The van der Waals surface area contributed by atoms with E-state index in [1.54, 1.807) is 0 Å². The normalized spacial score (nSPS) is 18.9. The van der Waals surface area contributed by atoms with Crippen LogP contribution in [0.15, 0.2) is 28.7 Å². The molecule has 1 heterocycles. The topological polar surface area (TPSA) is 38.0 Å². The van der Waals surface area contributed by atoms with Crippen LogP contribution in [0.4, 0.5) is 0 Å². The smallest absolute Gasteiger partial charge is 0.0335 e. The molecule has 3 N–H and O–H groups in total. The summed E-state index contributed by atoms with van der Waals surface area (Å²) in [4.78, 5) is 0. The fraction of sp³-hybridized carbons (Fsp3) is 0.500. The van der Waals surface area contributed by atoms with Gasteiger partial charge in [0.1, 0.15) is 0 Å². The van der Waals surface area contributed by atoms with E-state index in [-0.39, 0.29) is 18.4 Å². The second-order valence-corrected chi connectivity index (χ2v) is 4.99. The van der Waals surface area contributed by atoms with Crippen molar-refractivity contribution in [3.63, 3.8) is 0 Å². The van der Waals surface area contributed by atoms with Crippen LogP contribution >= 0.6 is 28.3 Å². The number of hydrogen-bond acceptors (Lipinski definition) is 2. The van der Waals surface area contributed by atoms with Crippen molar-refractivity contribution in [3.05, 3.63) is 34.3 Å². The van der Waals surface area contributed by atoms with Crippen molar-refractivity contribution in [3.8, 4) is 0 Å². The molecule has 0 aromatic heterocycles. The molecule has 1 fully saturated rings. The van der Waals surface area contributed by atoms with Crippen molar-refractivity contribution in [2.24, 2.45) is 11.7 Å². The molecular weight excluding hydrogens is 288 g/mol. The lowest BCUT2D eigenvalue weighted by atomic mass is 9.87. The van der Waals surface area contributed by atoms with Gasteiger partial charge in [0, 0.05) is 10.5 Å². The summed E-state index contributed by atoms with van der Waals surface area (Å²) in [6.07, 6.45) is 2.37. The summed E-state index contributed by atoms with van der Waals surface area (Å²) in [5.74, 6) is 0.616. The van der Waals surface area contributed by atoms with Crippen LogP contribution in [-0.4, -0.2) is 13.1 Å². The van der Waals surface area contributed by atoms with Crippen LogP contribution in [-0.2, 0) is 0 Å². The van der Waals surface area contributed by atoms with Gasteiger partial charge in [-0.15, -0.1) is 12.4 Å². The summed E-state index contributed by atoms with van der Waals surface area (Å²) in [6, 6.07) is 8.44. The average Bonchev–Trinajstić information content (AvgIpc) is 2.30. The Labute approximate surface area is 112 Å². The number of nitrogens with one attached hydrogen (secondary N) is 1. The first-order valence-corrected chi connectivity index (χ1v) is 6.29. The van der Waals surface area contributed by atoms with Gasteiger partial charge in [-0.25, -0.2) is 0 Å². The first kappa shape index (κ1) is 14.0. The van der Waals surface area contributed by atoms with E-state index in [1.807, 2.05) is 6.07 Å². The minimum absolute atomic E-state index is 0. The third-order valence-electron chi connectivity index (χ3n) is 3.16. The van der Waals surface area contributed by atoms with Gasteiger partial charge in [-0.05, 0) is 43.5 Å². The largest absolute Gasteiger partial charge is 0.324 e. The highest BCUT2D eigenvalue weighted by Crippen LogP contribution is 2.30. The molecule has 16 heavy (non-hydrogen) atoms. The van der Waals surface area contributed by atoms with Gasteiger partial charge in [-0.3, -0.25) is 0 Å². The number of piperidine rings is 1. The molecule has 90 valence electrons. The van der Waals surface area contributed by atoms with E-state index in [0.717, 1.165) is 17.6 Å². The number of nitrogens with two attached hydrogens (primary N) is 1. The molecule has 0 radical (unpaired) electrons. The zero-order valence-electron chi connectivity index (χ0n) is 9.16. The van der Waals surface area contributed by atoms with Crippen LogP contribution < -0.4 is 11.1 Å². The van der Waals surface area contributed by atoms with Crippen molar-refractivity contribution in [1.29, 1.82) is 0 Å². The van der Waals surface area contributed by atoms with Crippen LogP contribution in [0.25, 0.3) is 0 Å². The Morgan fingerprint density at radius 2 is 1.88 bits per heavy atom. The van der Waals surface area contributed by atoms with Crippen LogP contribution in [0.5, 0.6) is 0 Å². The lowest BCUT2D eigenvalue weighted by Gasteiger charge is -2.28. The van der Waals surface area contributed by atoms with E-state index in [4.69, 9.17) is 5.73 Å². The fourth-order valence-electron chi connectivity index (χ4n) is 2.20. The van der Waals surface area contributed by atoms with E-state index in [1.165, 1.54) is 18.4 Å². The van der Waals surface area contributed by atoms with Crippen LogP contribution in [0.3, 0.4) is 0 Å². The van der Waals surface area contributed by atoms with Gasteiger partial charge in [-0.1, -0.05) is 34.1 Å². The predicted octanol–water partition coefficient (Wildman–Crippen LogP) is 2.87. The SMILES string of the molecule is Cl.N[C@@H](c1ccccc1Br)C1CCNCC1. The summed E-state index contributed by atoms with van der Waals surface area (Å²) >= 11 is 3.57. The van der Waals surface area contributed by atoms with Gasteiger partial charge in [0.25, 0.3) is 0 Å². The summed E-state index contributed by atoms with van der Waals surface area (Å²) in [6.45, 7) is 2.20. The lowest BCUT2D eigenvalue weighted by Crippen LogP contribution is -2.33. The second-order valence-electron chi connectivity index (χ2n) is 4.13. The lowest BCUT2D eigenvalue weighted by molar-refractivity contribution is 0.321. The van der Waals surface area contributed by atoms with Crippen LogP contribution in [0.1, 0.15) is 24.4 Å². The molecule has 1 aliphatic heterocycles. The van der Waals surface area contributed by atoms with Gasteiger partial charge in [0.05, 0.1) is 0 Å². The third kappa shape index (κ3) is 3.20. The Balaban J connectivity index is 0.00000128. The standard InChI is InChI=1S/C12H17BrN2.ClH/c13-11-4-2-1-3-10(11)12(14)9-5-7-15-8-6-9;/h1-4,9,12,15H,5-8,14H2;1H/t12-;/m1./s1. The van der Waals surface area contributed by atoms with Crippen molar-refractivity contribution in [2.75, 3.05) is 13.1 Å². The molecule has 0 unspecified atom stereocenters. The molecule has 2 rings (SSSR count). The van der Waals surface area contributed by atoms with E-state index in [9.17, 15) is 0 Å². The van der Waals surface area contributed by atoms with Gasteiger partial charge >= 0.3 is 0 Å². The zero-order valence-corrected chi connectivity index (χ0v) is 11.6. The number of rotatable bonds is 2. The molecule has 1 aromatic carbocycles. The number of hydrogen-bond donors (Lipinski definition) is 2. The Hall–Kier alpha value is -0.0900. The van der Waals surface area contributed by atoms with Gasteiger partial charge in [0.2, 0.25) is 0 Å². The number of halogens is 2. The van der Waals surface area contributed by atoms with Gasteiger partial charge in [-0.2, -0.15) is 0 Å². The third-order valence-corrected chi connectivity index (χ3v) is 3.88. The van der Waals surface area contributed by atoms with Crippen molar-refractivity contribution in [2.45, 2.75) is 18.9 Å². The Kier molecular flexibility index (Phi) is 5.76. The maximum atomic E-state index is 6.31. The molecule has 2 nitrogen and oxygen atoms in total. The Bertz CT molecular complexity index is 327. The van der Waals surface area contributed by atoms with Gasteiger partial charge < -0.3 is 11.1 Å². The minimum Gasteiger partial charge on any atom is -0.324 e. The van der Waals surface area contributed by atoms with E-state index < -0.39 is 0 Å². The molecule has 1 aliphatic rings. The van der Waals surface area contributed by atoms with E-state index in [2.05, 4.69) is 39.4 Å². The van der Waals surface area contributed by atoms with Crippen molar-refractivity contribution >= 4 is 28.3 Å². The first-order valence-electron chi connectivity index (χ1n) is 5.50. The quantitative estimate of drug-likeness (QED) is 0.882. The maximum absolute atomic E-state index is 6.31. The van der Waals surface area contributed by atoms with Crippen molar-refractivity contribution in [1.82, 2.24) is 5.32 Å². The molecule has 0 amide bonds. The van der Waals surface area contributed by atoms with Crippen LogP contribution in [0, 0.1) is 5.92 Å². The fourth-order valence-corrected chi connectivity index (χ4v) is 2.75. The molecule has 1 saturated heterocycles. The predicted molar refractivity (Wildman–Crippen MR) is 73.9 cm³/mol. The molecule has 0 bridgehead atoms. The summed E-state index contributed by atoms with van der Waals surface area (Å²) in [5, 5.41) is 3.37. The van der Waals surface area contributed by atoms with E-state index >= 15 is 0 Å². The number of benzene rings is 1. The Morgan fingerprint density at radius 3 is 2.50 bits per heavy atom. The summed E-state index contributed by atoms with van der Waals surface area (Å²) in [5.41, 5.74) is 7.55. The molecule has 0 spiro atoms. The van der Waals surface area contributed by atoms with Gasteiger partial charge in [0.15, 0.2) is 0 Å². The Morgan fingerprint density at radius 1 is 1.25 bits per heavy atom. The summed E-state index contributed by atoms with van der Waals surface area (Å²) in [7, 11) is 0. The second kappa shape index (κ2) is 6.60. The average molecular weight is 306 g/mol. The molecule has 1 atom stereocenters. The molecule has 4 heteroatoms. The molecule has 0 aliphatic carbocycles. The maximum Gasteiger partial charge on any atom is 0.0335 e. The zero-order chi connectivity index (χ0) is 10.7.